The van der Waals surface area contributed by atoms with Gasteiger partial charge in [0.05, 0.1) is 6.54 Å². The highest BCUT2D eigenvalue weighted by Gasteiger charge is 2.40. The number of hydrogen-bond acceptors (Lipinski definition) is 3. The Morgan fingerprint density at radius 1 is 1.10 bits per heavy atom. The Balaban J connectivity index is 2.79. The van der Waals surface area contributed by atoms with E-state index in [2.05, 4.69) is 37.5 Å². The van der Waals surface area contributed by atoms with Crippen LogP contribution in [0.4, 0.5) is 0 Å². The van der Waals surface area contributed by atoms with E-state index in [4.69, 9.17) is 0 Å². The van der Waals surface area contributed by atoms with Crippen LogP contribution in [0.2, 0.25) is 0 Å². The van der Waals surface area contributed by atoms with Crippen LogP contribution in [0.1, 0.15) is 47.0 Å². The molecule has 0 amide bonds. The Hall–Kier alpha value is -0.610. The zero-order chi connectivity index (χ0) is 15.6. The first-order valence-corrected chi connectivity index (χ1v) is 7.61. The Morgan fingerprint density at radius 3 is 2.00 bits per heavy atom. The molecule has 0 aromatic heterocycles. The molecule has 1 aliphatic rings. The second-order valence-corrected chi connectivity index (χ2v) is 8.23. The molecular weight excluding hydrogens is 252 g/mol. The molecule has 0 aromatic carbocycles. The summed E-state index contributed by atoms with van der Waals surface area (Å²) in [5, 5.41) is 9.18. The summed E-state index contributed by atoms with van der Waals surface area (Å²) in [4.78, 5) is 15.5. The molecular formula is C16H32N2O2. The zero-order valence-electron chi connectivity index (χ0n) is 14.1. The lowest BCUT2D eigenvalue weighted by molar-refractivity contribution is -0.139. The van der Waals surface area contributed by atoms with Crippen molar-refractivity contribution in [2.75, 3.05) is 33.7 Å². The SMILES string of the molecule is CN(C)CCN(CC(=O)O)C1CC(C)(C)CC(C)(C)C1. The number of rotatable bonds is 6. The summed E-state index contributed by atoms with van der Waals surface area (Å²) < 4.78 is 0. The van der Waals surface area contributed by atoms with Crippen molar-refractivity contribution in [3.63, 3.8) is 0 Å². The Morgan fingerprint density at radius 2 is 1.60 bits per heavy atom. The average molecular weight is 284 g/mol. The van der Waals surface area contributed by atoms with Gasteiger partial charge in [-0.25, -0.2) is 0 Å². The Bertz CT molecular complexity index is 321. The van der Waals surface area contributed by atoms with Gasteiger partial charge in [-0.05, 0) is 44.2 Å². The standard InChI is InChI=1S/C16H32N2O2/c1-15(2)9-13(10-16(3,4)12-15)18(11-14(19)20)8-7-17(5)6/h13H,7-12H2,1-6H3,(H,19,20). The van der Waals surface area contributed by atoms with Crippen LogP contribution < -0.4 is 0 Å². The van der Waals surface area contributed by atoms with Crippen LogP contribution in [-0.2, 0) is 4.79 Å². The summed E-state index contributed by atoms with van der Waals surface area (Å²) in [6.45, 7) is 11.1. The van der Waals surface area contributed by atoms with Gasteiger partial charge in [0.2, 0.25) is 0 Å². The van der Waals surface area contributed by atoms with Crippen LogP contribution >= 0.6 is 0 Å². The number of carboxylic acids is 1. The predicted octanol–water partition coefficient (Wildman–Crippen LogP) is 2.54. The molecule has 0 atom stereocenters. The molecule has 0 heterocycles. The van der Waals surface area contributed by atoms with Crippen LogP contribution in [0.15, 0.2) is 0 Å². The minimum absolute atomic E-state index is 0.157. The average Bonchev–Trinajstić information content (AvgIpc) is 2.18. The highest BCUT2D eigenvalue weighted by Crippen LogP contribution is 2.47. The van der Waals surface area contributed by atoms with Gasteiger partial charge in [-0.1, -0.05) is 27.7 Å². The van der Waals surface area contributed by atoms with Crippen molar-refractivity contribution >= 4 is 5.97 Å². The fourth-order valence-electron chi connectivity index (χ4n) is 3.94. The van der Waals surface area contributed by atoms with Gasteiger partial charge in [0, 0.05) is 19.1 Å². The Kier molecular flexibility index (Phi) is 5.61. The number of hydrogen-bond donors (Lipinski definition) is 1. The first kappa shape index (κ1) is 17.4. The largest absolute Gasteiger partial charge is 0.480 e. The minimum Gasteiger partial charge on any atom is -0.480 e. The van der Waals surface area contributed by atoms with E-state index in [0.717, 1.165) is 25.9 Å². The molecule has 20 heavy (non-hydrogen) atoms. The molecule has 118 valence electrons. The quantitative estimate of drug-likeness (QED) is 0.814. The molecule has 0 saturated heterocycles. The van der Waals surface area contributed by atoms with Crippen LogP contribution in [-0.4, -0.2) is 60.6 Å². The predicted molar refractivity (Wildman–Crippen MR) is 83.0 cm³/mol. The third-order valence-electron chi connectivity index (χ3n) is 4.22. The van der Waals surface area contributed by atoms with Crippen molar-refractivity contribution in [2.24, 2.45) is 10.8 Å². The fourth-order valence-corrected chi connectivity index (χ4v) is 3.94. The Labute approximate surface area is 124 Å². The lowest BCUT2D eigenvalue weighted by Gasteiger charge is -2.48. The van der Waals surface area contributed by atoms with Gasteiger partial charge in [0.25, 0.3) is 0 Å². The smallest absolute Gasteiger partial charge is 0.317 e. The van der Waals surface area contributed by atoms with Crippen molar-refractivity contribution in [1.82, 2.24) is 9.80 Å². The fraction of sp³-hybridized carbons (Fsp3) is 0.938. The maximum Gasteiger partial charge on any atom is 0.317 e. The van der Waals surface area contributed by atoms with Gasteiger partial charge in [-0.2, -0.15) is 0 Å². The number of nitrogens with zero attached hydrogens (tertiary/aromatic N) is 2. The van der Waals surface area contributed by atoms with Gasteiger partial charge >= 0.3 is 5.97 Å². The minimum atomic E-state index is -0.718. The maximum atomic E-state index is 11.2. The molecule has 1 saturated carbocycles. The zero-order valence-corrected chi connectivity index (χ0v) is 14.1. The van der Waals surface area contributed by atoms with E-state index in [0.29, 0.717) is 16.9 Å². The summed E-state index contributed by atoms with van der Waals surface area (Å²) in [6.07, 6.45) is 3.40. The first-order valence-electron chi connectivity index (χ1n) is 7.61. The van der Waals surface area contributed by atoms with E-state index in [9.17, 15) is 9.90 Å². The van der Waals surface area contributed by atoms with Crippen molar-refractivity contribution in [3.05, 3.63) is 0 Å². The molecule has 4 nitrogen and oxygen atoms in total. The third kappa shape index (κ3) is 5.80. The summed E-state index contributed by atoms with van der Waals surface area (Å²) in [6, 6.07) is 0.379. The molecule has 1 N–H and O–H groups in total. The van der Waals surface area contributed by atoms with Gasteiger partial charge in [0.15, 0.2) is 0 Å². The van der Waals surface area contributed by atoms with E-state index in [-0.39, 0.29) is 6.54 Å². The monoisotopic (exact) mass is 284 g/mol. The number of carboxylic acid groups (broad SMARTS) is 1. The highest BCUT2D eigenvalue weighted by molar-refractivity contribution is 5.69. The molecule has 1 aliphatic carbocycles. The van der Waals surface area contributed by atoms with E-state index in [1.54, 1.807) is 0 Å². The van der Waals surface area contributed by atoms with Crippen molar-refractivity contribution in [1.29, 1.82) is 0 Å². The second kappa shape index (κ2) is 6.44. The van der Waals surface area contributed by atoms with E-state index >= 15 is 0 Å². The second-order valence-electron chi connectivity index (χ2n) is 8.23. The van der Waals surface area contributed by atoms with Gasteiger partial charge in [-0.3, -0.25) is 9.69 Å². The summed E-state index contributed by atoms with van der Waals surface area (Å²) in [5.74, 6) is -0.718. The van der Waals surface area contributed by atoms with Crippen molar-refractivity contribution in [3.8, 4) is 0 Å². The molecule has 0 aromatic rings. The van der Waals surface area contributed by atoms with Crippen LogP contribution in [0.25, 0.3) is 0 Å². The third-order valence-corrected chi connectivity index (χ3v) is 4.22. The highest BCUT2D eigenvalue weighted by atomic mass is 16.4. The van der Waals surface area contributed by atoms with Crippen LogP contribution in [0.3, 0.4) is 0 Å². The normalized spacial score (nSPS) is 22.4. The number of likely N-dealkylation sites (N-methyl/N-ethyl adjacent to an activating group) is 1. The van der Waals surface area contributed by atoms with Crippen molar-refractivity contribution in [2.45, 2.75) is 53.0 Å². The number of aliphatic carboxylic acids is 1. The first-order chi connectivity index (χ1) is 9.01. The molecule has 0 unspecified atom stereocenters. The maximum absolute atomic E-state index is 11.2. The molecule has 1 fully saturated rings. The topological polar surface area (TPSA) is 43.8 Å². The molecule has 4 heteroatoms. The molecule has 0 aliphatic heterocycles. The van der Waals surface area contributed by atoms with E-state index in [1.807, 2.05) is 14.1 Å². The van der Waals surface area contributed by atoms with Gasteiger partial charge < -0.3 is 10.0 Å². The lowest BCUT2D eigenvalue weighted by atomic mass is 9.63. The molecule has 0 spiro atoms. The number of carbonyl (C=O) groups is 1. The van der Waals surface area contributed by atoms with Crippen LogP contribution in [0.5, 0.6) is 0 Å². The summed E-state index contributed by atoms with van der Waals surface area (Å²) in [5.41, 5.74) is 0.586. The van der Waals surface area contributed by atoms with E-state index in [1.165, 1.54) is 6.42 Å². The van der Waals surface area contributed by atoms with Crippen molar-refractivity contribution < 1.29 is 9.90 Å². The molecule has 0 bridgehead atoms. The summed E-state index contributed by atoms with van der Waals surface area (Å²) in [7, 11) is 4.07. The van der Waals surface area contributed by atoms with Gasteiger partial charge in [0.1, 0.15) is 0 Å². The molecule has 0 radical (unpaired) electrons. The summed E-state index contributed by atoms with van der Waals surface area (Å²) >= 11 is 0. The van der Waals surface area contributed by atoms with Crippen LogP contribution in [0, 0.1) is 10.8 Å². The lowest BCUT2D eigenvalue weighted by Crippen LogP contribution is -2.49. The van der Waals surface area contributed by atoms with E-state index < -0.39 is 5.97 Å². The van der Waals surface area contributed by atoms with Gasteiger partial charge in [-0.15, -0.1) is 0 Å². The molecule has 1 rings (SSSR count).